The fourth-order valence-corrected chi connectivity index (χ4v) is 5.00. The number of carbonyl (C=O) groups is 1. The standard InChI is InChI=1S/C20H20Cl2N4O4S2/c1-30-15-8-5-13(6-9-15)19-24-25-20(31-19)23-18(27)4-3-11-26(32(2,28)29)17-12-14(21)7-10-16(17)22/h5-10,12H,3-4,11H2,1-2H3,(H,23,25,27). The lowest BCUT2D eigenvalue weighted by atomic mass is 10.2. The van der Waals surface area contributed by atoms with Gasteiger partial charge in [-0.15, -0.1) is 10.2 Å². The molecule has 170 valence electrons. The SMILES string of the molecule is COc1ccc(-c2nnc(NC(=O)CCCN(c3cc(Cl)ccc3Cl)S(C)(=O)=O)s2)cc1. The molecular formula is C20H20Cl2N4O4S2. The van der Waals surface area contributed by atoms with Crippen molar-refractivity contribution in [2.24, 2.45) is 0 Å². The second-order valence-corrected chi connectivity index (χ2v) is 10.5. The van der Waals surface area contributed by atoms with Crippen molar-refractivity contribution in [3.8, 4) is 16.3 Å². The summed E-state index contributed by atoms with van der Waals surface area (Å²) in [6.07, 6.45) is 1.43. The van der Waals surface area contributed by atoms with Gasteiger partial charge in [-0.2, -0.15) is 0 Å². The molecule has 0 aliphatic rings. The van der Waals surface area contributed by atoms with Crippen LogP contribution in [-0.4, -0.2) is 44.4 Å². The number of benzene rings is 2. The normalized spacial score (nSPS) is 11.2. The van der Waals surface area contributed by atoms with Crippen LogP contribution in [0.3, 0.4) is 0 Å². The van der Waals surface area contributed by atoms with E-state index in [1.54, 1.807) is 13.2 Å². The van der Waals surface area contributed by atoms with Crippen LogP contribution in [0, 0.1) is 0 Å². The van der Waals surface area contributed by atoms with Gasteiger partial charge in [-0.05, 0) is 48.9 Å². The molecule has 1 amide bonds. The van der Waals surface area contributed by atoms with Gasteiger partial charge in [0.05, 0.1) is 24.1 Å². The molecule has 1 N–H and O–H groups in total. The number of halogens is 2. The molecule has 12 heteroatoms. The predicted octanol–water partition coefficient (Wildman–Crippen LogP) is 4.71. The van der Waals surface area contributed by atoms with E-state index in [9.17, 15) is 13.2 Å². The lowest BCUT2D eigenvalue weighted by molar-refractivity contribution is -0.116. The van der Waals surface area contributed by atoms with Crippen LogP contribution < -0.4 is 14.4 Å². The number of nitrogens with one attached hydrogen (secondary N) is 1. The fraction of sp³-hybridized carbons (Fsp3) is 0.250. The molecule has 0 saturated carbocycles. The van der Waals surface area contributed by atoms with Crippen LogP contribution in [0.4, 0.5) is 10.8 Å². The number of ether oxygens (including phenoxy) is 1. The Morgan fingerprint density at radius 3 is 2.53 bits per heavy atom. The van der Waals surface area contributed by atoms with Crippen molar-refractivity contribution >= 4 is 61.3 Å². The molecule has 0 aliphatic carbocycles. The highest BCUT2D eigenvalue weighted by atomic mass is 35.5. The van der Waals surface area contributed by atoms with E-state index in [1.807, 2.05) is 24.3 Å². The lowest BCUT2D eigenvalue weighted by Gasteiger charge is -2.23. The Labute approximate surface area is 200 Å². The van der Waals surface area contributed by atoms with Gasteiger partial charge in [0, 0.05) is 23.6 Å². The van der Waals surface area contributed by atoms with Crippen molar-refractivity contribution in [3.05, 3.63) is 52.5 Å². The number of nitrogens with zero attached hydrogens (tertiary/aromatic N) is 3. The quantitative estimate of drug-likeness (QED) is 0.443. The summed E-state index contributed by atoms with van der Waals surface area (Å²) in [5.74, 6) is 0.432. The average molecular weight is 515 g/mol. The molecule has 0 unspecified atom stereocenters. The molecule has 0 saturated heterocycles. The number of anilines is 2. The van der Waals surface area contributed by atoms with Crippen molar-refractivity contribution in [2.75, 3.05) is 29.5 Å². The van der Waals surface area contributed by atoms with Crippen molar-refractivity contribution < 1.29 is 17.9 Å². The van der Waals surface area contributed by atoms with Crippen LogP contribution >= 0.6 is 34.5 Å². The predicted molar refractivity (Wildman–Crippen MR) is 128 cm³/mol. The molecule has 32 heavy (non-hydrogen) atoms. The van der Waals surface area contributed by atoms with Crippen LogP contribution in [0.2, 0.25) is 10.0 Å². The number of hydrogen-bond donors (Lipinski definition) is 1. The highest BCUT2D eigenvalue weighted by Gasteiger charge is 2.21. The zero-order chi connectivity index (χ0) is 23.3. The summed E-state index contributed by atoms with van der Waals surface area (Å²) in [6, 6.07) is 11.9. The maximum atomic E-state index is 12.3. The van der Waals surface area contributed by atoms with Gasteiger partial charge in [0.1, 0.15) is 10.8 Å². The maximum Gasteiger partial charge on any atom is 0.232 e. The summed E-state index contributed by atoms with van der Waals surface area (Å²) in [5.41, 5.74) is 1.13. The first-order valence-electron chi connectivity index (χ1n) is 9.38. The maximum absolute atomic E-state index is 12.3. The largest absolute Gasteiger partial charge is 0.497 e. The second-order valence-electron chi connectivity index (χ2n) is 6.72. The molecule has 3 aromatic rings. The summed E-state index contributed by atoms with van der Waals surface area (Å²) in [4.78, 5) is 12.3. The van der Waals surface area contributed by atoms with Gasteiger partial charge < -0.3 is 10.1 Å². The van der Waals surface area contributed by atoms with Crippen molar-refractivity contribution in [1.29, 1.82) is 0 Å². The Balaban J connectivity index is 1.59. The van der Waals surface area contributed by atoms with Gasteiger partial charge in [0.25, 0.3) is 0 Å². The molecular weight excluding hydrogens is 495 g/mol. The number of methoxy groups -OCH3 is 1. The highest BCUT2D eigenvalue weighted by molar-refractivity contribution is 7.92. The Bertz CT molecular complexity index is 1200. The van der Waals surface area contributed by atoms with E-state index in [0.717, 1.165) is 21.9 Å². The lowest BCUT2D eigenvalue weighted by Crippen LogP contribution is -2.31. The molecule has 1 aromatic heterocycles. The van der Waals surface area contributed by atoms with Gasteiger partial charge in [0.2, 0.25) is 21.1 Å². The minimum atomic E-state index is -3.62. The number of carbonyl (C=O) groups excluding carboxylic acids is 1. The molecule has 0 atom stereocenters. The smallest absolute Gasteiger partial charge is 0.232 e. The van der Waals surface area contributed by atoms with E-state index in [4.69, 9.17) is 27.9 Å². The number of amides is 1. The first-order valence-corrected chi connectivity index (χ1v) is 12.8. The first-order chi connectivity index (χ1) is 15.2. The third-order valence-electron chi connectivity index (χ3n) is 4.35. The summed E-state index contributed by atoms with van der Waals surface area (Å²) >= 11 is 13.4. The molecule has 0 bridgehead atoms. The van der Waals surface area contributed by atoms with Crippen LogP contribution in [0.5, 0.6) is 5.75 Å². The minimum Gasteiger partial charge on any atom is -0.497 e. The number of sulfonamides is 1. The van der Waals surface area contributed by atoms with Crippen LogP contribution in [0.25, 0.3) is 10.6 Å². The van der Waals surface area contributed by atoms with Crippen LogP contribution in [-0.2, 0) is 14.8 Å². The molecule has 2 aromatic carbocycles. The van der Waals surface area contributed by atoms with Gasteiger partial charge in [-0.3, -0.25) is 9.10 Å². The topological polar surface area (TPSA) is 101 Å². The molecule has 1 heterocycles. The van der Waals surface area contributed by atoms with Crippen molar-refractivity contribution in [2.45, 2.75) is 12.8 Å². The molecule has 0 radical (unpaired) electrons. The fourth-order valence-electron chi connectivity index (χ4n) is 2.83. The number of hydrogen-bond acceptors (Lipinski definition) is 7. The summed E-state index contributed by atoms with van der Waals surface area (Å²) in [5, 5.41) is 12.4. The summed E-state index contributed by atoms with van der Waals surface area (Å²) < 4.78 is 30.8. The first kappa shape index (κ1) is 24.2. The van der Waals surface area contributed by atoms with Crippen LogP contribution in [0.15, 0.2) is 42.5 Å². The van der Waals surface area contributed by atoms with E-state index < -0.39 is 10.0 Å². The number of aromatic nitrogens is 2. The highest BCUT2D eigenvalue weighted by Crippen LogP contribution is 2.31. The Kier molecular flexibility index (Phi) is 7.94. The Hall–Kier alpha value is -2.40. The second kappa shape index (κ2) is 10.5. The molecule has 0 aliphatic heterocycles. The van der Waals surface area contributed by atoms with E-state index >= 15 is 0 Å². The molecule has 8 nitrogen and oxygen atoms in total. The molecule has 0 spiro atoms. The van der Waals surface area contributed by atoms with Crippen LogP contribution in [0.1, 0.15) is 12.8 Å². The Morgan fingerprint density at radius 2 is 1.88 bits per heavy atom. The zero-order valence-corrected chi connectivity index (χ0v) is 20.4. The van der Waals surface area contributed by atoms with Gasteiger partial charge in [-0.25, -0.2) is 8.42 Å². The van der Waals surface area contributed by atoms with Gasteiger partial charge in [-0.1, -0.05) is 34.5 Å². The monoisotopic (exact) mass is 514 g/mol. The van der Waals surface area contributed by atoms with Crippen molar-refractivity contribution in [3.63, 3.8) is 0 Å². The van der Waals surface area contributed by atoms with Gasteiger partial charge in [0.15, 0.2) is 0 Å². The van der Waals surface area contributed by atoms with E-state index in [1.165, 1.54) is 23.5 Å². The van der Waals surface area contributed by atoms with E-state index in [2.05, 4.69) is 15.5 Å². The third-order valence-corrected chi connectivity index (χ3v) is 6.97. The average Bonchev–Trinajstić information content (AvgIpc) is 3.21. The van der Waals surface area contributed by atoms with Crippen molar-refractivity contribution in [1.82, 2.24) is 10.2 Å². The number of rotatable bonds is 9. The molecule has 0 fully saturated rings. The Morgan fingerprint density at radius 1 is 1.16 bits per heavy atom. The van der Waals surface area contributed by atoms with E-state index in [0.29, 0.717) is 15.2 Å². The summed E-state index contributed by atoms with van der Waals surface area (Å²) in [6.45, 7) is 0.0690. The summed E-state index contributed by atoms with van der Waals surface area (Å²) in [7, 11) is -2.03. The van der Waals surface area contributed by atoms with E-state index in [-0.39, 0.29) is 36.0 Å². The zero-order valence-electron chi connectivity index (χ0n) is 17.2. The third kappa shape index (κ3) is 6.32. The van der Waals surface area contributed by atoms with Gasteiger partial charge >= 0.3 is 0 Å². The minimum absolute atomic E-state index is 0.0690. The molecule has 3 rings (SSSR count).